The van der Waals surface area contributed by atoms with E-state index in [0.29, 0.717) is 13.1 Å². The Hall–Kier alpha value is -2.22. The van der Waals surface area contributed by atoms with Crippen molar-refractivity contribution < 1.29 is 9.53 Å². The van der Waals surface area contributed by atoms with E-state index in [-0.39, 0.29) is 5.91 Å². The molecule has 2 aromatic rings. The van der Waals surface area contributed by atoms with E-state index >= 15 is 0 Å². The highest BCUT2D eigenvalue weighted by atomic mass is 32.2. The van der Waals surface area contributed by atoms with Gasteiger partial charge in [0.05, 0.1) is 12.2 Å². The molecular formula is C17H23N5O2S. The summed E-state index contributed by atoms with van der Waals surface area (Å²) in [6.07, 6.45) is -0.494. The molecule has 8 heteroatoms. The second kappa shape index (κ2) is 7.77. The summed E-state index contributed by atoms with van der Waals surface area (Å²) in [6.45, 7) is 5.95. The molecule has 1 amide bonds. The summed E-state index contributed by atoms with van der Waals surface area (Å²) in [5.41, 5.74) is 1.01. The van der Waals surface area contributed by atoms with Gasteiger partial charge in [0, 0.05) is 25.9 Å². The summed E-state index contributed by atoms with van der Waals surface area (Å²) in [5.74, 6) is 2.31. The number of rotatable bonds is 6. The minimum atomic E-state index is -0.494. The molecule has 3 rings (SSSR count). The van der Waals surface area contributed by atoms with Crippen molar-refractivity contribution >= 4 is 23.4 Å². The van der Waals surface area contributed by atoms with Crippen LogP contribution in [0.1, 0.15) is 12.7 Å². The number of ether oxygens (including phenoxy) is 1. The number of para-hydroxylation sites is 2. The number of benzene rings is 1. The Morgan fingerprint density at radius 1 is 1.40 bits per heavy atom. The number of aromatic nitrogens is 3. The number of carbonyl (C=O) groups excluding carboxylic acids is 1. The van der Waals surface area contributed by atoms with Crippen molar-refractivity contribution in [1.29, 1.82) is 0 Å². The monoisotopic (exact) mass is 361 g/mol. The summed E-state index contributed by atoms with van der Waals surface area (Å²) < 4.78 is 7.89. The van der Waals surface area contributed by atoms with Crippen LogP contribution in [0.5, 0.6) is 5.75 Å². The van der Waals surface area contributed by atoms with Crippen molar-refractivity contribution in [1.82, 2.24) is 20.1 Å². The molecule has 1 aliphatic heterocycles. The summed E-state index contributed by atoms with van der Waals surface area (Å²) in [5, 5.41) is 12.1. The van der Waals surface area contributed by atoms with Crippen molar-refractivity contribution in [3.05, 3.63) is 30.1 Å². The van der Waals surface area contributed by atoms with Crippen LogP contribution in [0.4, 0.5) is 5.69 Å². The third-order valence-corrected chi connectivity index (χ3v) is 5.10. The summed E-state index contributed by atoms with van der Waals surface area (Å²) in [7, 11) is 1.97. The molecule has 2 heterocycles. The van der Waals surface area contributed by atoms with E-state index < -0.39 is 6.10 Å². The van der Waals surface area contributed by atoms with Gasteiger partial charge in [-0.2, -0.15) is 0 Å². The minimum absolute atomic E-state index is 0.0879. The molecule has 0 spiro atoms. The number of fused-ring (bicyclic) bond motifs is 1. The van der Waals surface area contributed by atoms with Gasteiger partial charge in [0.2, 0.25) is 0 Å². The third kappa shape index (κ3) is 3.89. The smallest absolute Gasteiger partial charge is 0.262 e. The number of carbonyl (C=O) groups is 1. The predicted octanol–water partition coefficient (Wildman–Crippen LogP) is 1.71. The maximum absolute atomic E-state index is 12.4. The van der Waals surface area contributed by atoms with E-state index in [9.17, 15) is 4.79 Å². The van der Waals surface area contributed by atoms with Gasteiger partial charge in [-0.3, -0.25) is 4.79 Å². The standard InChI is InChI=1S/C17H23N5O2S/c1-4-22-12(2)19-20-17(22)25-10-9-18-16(23)15-11-21(3)13-7-5-6-8-14(13)24-15/h5-8,15H,4,9-11H2,1-3H3,(H,18,23)/t15-/m1/s1. The first-order valence-electron chi connectivity index (χ1n) is 8.37. The van der Waals surface area contributed by atoms with E-state index in [2.05, 4.69) is 27.0 Å². The largest absolute Gasteiger partial charge is 0.477 e. The number of hydrogen-bond donors (Lipinski definition) is 1. The first-order chi connectivity index (χ1) is 12.1. The minimum Gasteiger partial charge on any atom is -0.477 e. The lowest BCUT2D eigenvalue weighted by Crippen LogP contribution is -2.48. The molecule has 7 nitrogen and oxygen atoms in total. The Bertz CT molecular complexity index is 748. The number of likely N-dealkylation sites (N-methyl/N-ethyl adjacent to an activating group) is 1. The predicted molar refractivity (Wildman–Crippen MR) is 98.3 cm³/mol. The normalized spacial score (nSPS) is 16.3. The lowest BCUT2D eigenvalue weighted by atomic mass is 10.2. The second-order valence-corrected chi connectivity index (χ2v) is 6.93. The lowest BCUT2D eigenvalue weighted by molar-refractivity contribution is -0.127. The molecule has 1 aromatic carbocycles. The van der Waals surface area contributed by atoms with Gasteiger partial charge in [0.1, 0.15) is 11.6 Å². The Morgan fingerprint density at radius 3 is 3.00 bits per heavy atom. The Kier molecular flexibility index (Phi) is 5.47. The van der Waals surface area contributed by atoms with Gasteiger partial charge in [-0.25, -0.2) is 0 Å². The molecule has 1 atom stereocenters. The fraction of sp³-hybridized carbons (Fsp3) is 0.471. The molecule has 0 radical (unpaired) electrons. The molecule has 1 aromatic heterocycles. The van der Waals surface area contributed by atoms with Gasteiger partial charge in [0.25, 0.3) is 5.91 Å². The van der Waals surface area contributed by atoms with Crippen LogP contribution in [0, 0.1) is 6.92 Å². The average Bonchev–Trinajstić information content (AvgIpc) is 2.98. The van der Waals surface area contributed by atoms with Gasteiger partial charge >= 0.3 is 0 Å². The molecule has 0 aliphatic carbocycles. The maximum Gasteiger partial charge on any atom is 0.262 e. The summed E-state index contributed by atoms with van der Waals surface area (Å²) in [6, 6.07) is 7.76. The van der Waals surface area contributed by atoms with Gasteiger partial charge in [0.15, 0.2) is 11.3 Å². The number of anilines is 1. The molecule has 0 unspecified atom stereocenters. The van der Waals surface area contributed by atoms with E-state index in [1.807, 2.05) is 43.1 Å². The van der Waals surface area contributed by atoms with Crippen molar-refractivity contribution in [2.24, 2.45) is 0 Å². The van der Waals surface area contributed by atoms with Crippen molar-refractivity contribution in [2.75, 3.05) is 30.8 Å². The highest BCUT2D eigenvalue weighted by Gasteiger charge is 2.28. The fourth-order valence-electron chi connectivity index (χ4n) is 2.81. The Labute approximate surface area is 151 Å². The van der Waals surface area contributed by atoms with Crippen LogP contribution in [0.2, 0.25) is 0 Å². The molecule has 0 saturated heterocycles. The molecule has 1 aliphatic rings. The van der Waals surface area contributed by atoms with Crippen molar-refractivity contribution in [3.63, 3.8) is 0 Å². The molecule has 134 valence electrons. The topological polar surface area (TPSA) is 72.3 Å². The van der Waals surface area contributed by atoms with Crippen LogP contribution >= 0.6 is 11.8 Å². The molecule has 0 saturated carbocycles. The van der Waals surface area contributed by atoms with Gasteiger partial charge < -0.3 is 19.5 Å². The number of hydrogen-bond acceptors (Lipinski definition) is 6. The third-order valence-electron chi connectivity index (χ3n) is 4.13. The average molecular weight is 361 g/mol. The fourth-order valence-corrected chi connectivity index (χ4v) is 3.71. The molecule has 0 fully saturated rings. The van der Waals surface area contributed by atoms with E-state index in [1.54, 1.807) is 11.8 Å². The molecule has 0 bridgehead atoms. The lowest BCUT2D eigenvalue weighted by Gasteiger charge is -2.32. The molecule has 1 N–H and O–H groups in total. The summed E-state index contributed by atoms with van der Waals surface area (Å²) >= 11 is 1.59. The first kappa shape index (κ1) is 17.6. The molecular weight excluding hydrogens is 338 g/mol. The quantitative estimate of drug-likeness (QED) is 0.624. The Morgan fingerprint density at radius 2 is 2.20 bits per heavy atom. The van der Waals surface area contributed by atoms with Gasteiger partial charge in [-0.05, 0) is 26.0 Å². The van der Waals surface area contributed by atoms with Gasteiger partial charge in [-0.15, -0.1) is 10.2 Å². The van der Waals surface area contributed by atoms with Crippen LogP contribution < -0.4 is 15.0 Å². The zero-order valence-corrected chi connectivity index (χ0v) is 15.5. The second-order valence-electron chi connectivity index (χ2n) is 5.87. The number of thioether (sulfide) groups is 1. The van der Waals surface area contributed by atoms with Crippen molar-refractivity contribution in [2.45, 2.75) is 31.7 Å². The van der Waals surface area contributed by atoms with Crippen LogP contribution in [0.25, 0.3) is 0 Å². The zero-order chi connectivity index (χ0) is 17.8. The first-order valence-corrected chi connectivity index (χ1v) is 9.35. The highest BCUT2D eigenvalue weighted by molar-refractivity contribution is 7.99. The Balaban J connectivity index is 1.49. The van der Waals surface area contributed by atoms with Crippen molar-refractivity contribution in [3.8, 4) is 5.75 Å². The maximum atomic E-state index is 12.4. The zero-order valence-electron chi connectivity index (χ0n) is 14.7. The van der Waals surface area contributed by atoms with Gasteiger partial charge in [-0.1, -0.05) is 23.9 Å². The van der Waals surface area contributed by atoms with Crippen LogP contribution in [-0.2, 0) is 11.3 Å². The highest BCUT2D eigenvalue weighted by Crippen LogP contribution is 2.31. The van der Waals surface area contributed by atoms with Crippen LogP contribution in [-0.4, -0.2) is 52.7 Å². The number of aryl methyl sites for hydroxylation is 1. The number of nitrogens with one attached hydrogen (secondary N) is 1. The number of amides is 1. The van der Waals surface area contributed by atoms with E-state index in [1.165, 1.54) is 0 Å². The van der Waals surface area contributed by atoms with E-state index in [0.717, 1.165) is 34.7 Å². The van der Waals surface area contributed by atoms with Crippen LogP contribution in [0.15, 0.2) is 29.4 Å². The molecule has 25 heavy (non-hydrogen) atoms. The van der Waals surface area contributed by atoms with E-state index in [4.69, 9.17) is 4.74 Å². The SMILES string of the molecule is CCn1c(C)nnc1SCCNC(=O)[C@H]1CN(C)c2ccccc2O1. The number of nitrogens with zero attached hydrogens (tertiary/aromatic N) is 4. The summed E-state index contributed by atoms with van der Waals surface area (Å²) in [4.78, 5) is 14.4. The van der Waals surface area contributed by atoms with Crippen LogP contribution in [0.3, 0.4) is 0 Å².